The van der Waals surface area contributed by atoms with Gasteiger partial charge in [0.2, 0.25) is 0 Å². The average molecular weight is 220 g/mol. The second-order valence-electron chi connectivity index (χ2n) is 4.77. The molecule has 1 N–H and O–H groups in total. The summed E-state index contributed by atoms with van der Waals surface area (Å²) in [5.41, 5.74) is 2.99. The summed E-state index contributed by atoms with van der Waals surface area (Å²) in [7, 11) is 0. The van der Waals surface area contributed by atoms with Crippen molar-refractivity contribution < 1.29 is 14.9 Å². The van der Waals surface area contributed by atoms with Gasteiger partial charge in [-0.15, -0.1) is 0 Å². The molecule has 3 heteroatoms. The first-order valence-electron chi connectivity index (χ1n) is 5.83. The predicted octanol–water partition coefficient (Wildman–Crippen LogP) is 2.17. The summed E-state index contributed by atoms with van der Waals surface area (Å²) in [6, 6.07) is 5.69. The molecule has 3 rings (SSSR count). The molecule has 1 aromatic carbocycles. The molecule has 1 saturated carbocycles. The Kier molecular flexibility index (Phi) is 2.19. The van der Waals surface area contributed by atoms with Crippen LogP contribution in [0.5, 0.6) is 5.75 Å². The minimum Gasteiger partial charge on any atom is -0.508 e. The fourth-order valence-electron chi connectivity index (χ4n) is 2.87. The van der Waals surface area contributed by atoms with Crippen molar-refractivity contribution >= 4 is 0 Å². The van der Waals surface area contributed by atoms with Crippen LogP contribution in [0, 0.1) is 5.92 Å². The molecule has 1 aromatic rings. The van der Waals surface area contributed by atoms with Crippen LogP contribution in [0.4, 0.5) is 0 Å². The Morgan fingerprint density at radius 1 is 1.44 bits per heavy atom. The molecule has 2 aliphatic carbocycles. The summed E-state index contributed by atoms with van der Waals surface area (Å²) in [5, 5.41) is 9.48. The van der Waals surface area contributed by atoms with Crippen LogP contribution in [0.25, 0.3) is 0 Å². The van der Waals surface area contributed by atoms with Crippen LogP contribution in [0.1, 0.15) is 24.5 Å². The monoisotopic (exact) mass is 220 g/mol. The van der Waals surface area contributed by atoms with E-state index in [1.807, 2.05) is 19.1 Å². The molecule has 0 amide bonds. The van der Waals surface area contributed by atoms with Gasteiger partial charge in [-0.3, -0.25) is 0 Å². The Labute approximate surface area is 94.9 Å². The number of rotatable bonds is 4. The Morgan fingerprint density at radius 2 is 2.31 bits per heavy atom. The lowest BCUT2D eigenvalue weighted by molar-refractivity contribution is -0.294. The first-order valence-corrected chi connectivity index (χ1v) is 5.83. The first-order chi connectivity index (χ1) is 7.76. The van der Waals surface area contributed by atoms with E-state index in [4.69, 9.17) is 9.78 Å². The zero-order valence-electron chi connectivity index (χ0n) is 9.40. The molecule has 2 atom stereocenters. The Bertz CT molecular complexity index is 416. The highest BCUT2D eigenvalue weighted by Gasteiger charge is 2.61. The third-order valence-corrected chi connectivity index (χ3v) is 3.84. The molecule has 16 heavy (non-hydrogen) atoms. The summed E-state index contributed by atoms with van der Waals surface area (Å²) < 4.78 is 0. The fourth-order valence-corrected chi connectivity index (χ4v) is 2.87. The zero-order valence-corrected chi connectivity index (χ0v) is 9.40. The highest BCUT2D eigenvalue weighted by Crippen LogP contribution is 2.63. The van der Waals surface area contributed by atoms with Gasteiger partial charge in [0, 0.05) is 5.41 Å². The molecular weight excluding hydrogens is 204 g/mol. The Hall–Kier alpha value is -1.06. The molecule has 2 aliphatic rings. The quantitative estimate of drug-likeness (QED) is 0.480. The summed E-state index contributed by atoms with van der Waals surface area (Å²) >= 11 is 0. The van der Waals surface area contributed by atoms with Gasteiger partial charge in [0.15, 0.2) is 0 Å². The number of benzene rings is 1. The van der Waals surface area contributed by atoms with Crippen LogP contribution in [-0.2, 0) is 21.6 Å². The van der Waals surface area contributed by atoms with Crippen molar-refractivity contribution in [3.63, 3.8) is 0 Å². The number of phenolic OH excluding ortho intramolecular Hbond substituents is 1. The lowest BCUT2D eigenvalue weighted by Gasteiger charge is -2.31. The van der Waals surface area contributed by atoms with Crippen molar-refractivity contribution in [2.24, 2.45) is 5.92 Å². The maximum Gasteiger partial charge on any atom is 0.115 e. The molecule has 0 unspecified atom stereocenters. The van der Waals surface area contributed by atoms with Crippen molar-refractivity contribution in [3.05, 3.63) is 29.3 Å². The van der Waals surface area contributed by atoms with E-state index >= 15 is 0 Å². The zero-order chi connectivity index (χ0) is 11.2. The molecule has 1 fully saturated rings. The highest BCUT2D eigenvalue weighted by molar-refractivity contribution is 5.53. The maximum atomic E-state index is 9.48. The first kappa shape index (κ1) is 10.1. The third kappa shape index (κ3) is 1.35. The molecule has 3 nitrogen and oxygen atoms in total. The molecule has 0 saturated heterocycles. The highest BCUT2D eigenvalue weighted by atomic mass is 17.2. The van der Waals surface area contributed by atoms with Crippen LogP contribution >= 0.6 is 0 Å². The lowest BCUT2D eigenvalue weighted by Crippen LogP contribution is -2.27. The van der Waals surface area contributed by atoms with Gasteiger partial charge >= 0.3 is 0 Å². The van der Waals surface area contributed by atoms with Gasteiger partial charge in [-0.2, -0.15) is 0 Å². The summed E-state index contributed by atoms with van der Waals surface area (Å²) in [6.45, 7) is 3.18. The normalized spacial score (nSPS) is 29.9. The van der Waals surface area contributed by atoms with Gasteiger partial charge in [0.25, 0.3) is 0 Å². The van der Waals surface area contributed by atoms with Crippen LogP contribution in [0.3, 0.4) is 0 Å². The van der Waals surface area contributed by atoms with E-state index in [1.165, 1.54) is 11.1 Å². The van der Waals surface area contributed by atoms with E-state index in [9.17, 15) is 5.11 Å². The fraction of sp³-hybridized carbons (Fsp3) is 0.538. The van der Waals surface area contributed by atoms with Crippen LogP contribution < -0.4 is 0 Å². The SMILES string of the molecule is CCOOC[C@@H]1C[C@]12Cc1ccc(O)cc12. The molecule has 0 aromatic heterocycles. The number of hydrogen-bond donors (Lipinski definition) is 1. The molecule has 1 spiro atoms. The smallest absolute Gasteiger partial charge is 0.115 e. The second-order valence-corrected chi connectivity index (χ2v) is 4.77. The van der Waals surface area contributed by atoms with E-state index < -0.39 is 0 Å². The molecule has 0 radical (unpaired) electrons. The third-order valence-electron chi connectivity index (χ3n) is 3.84. The van der Waals surface area contributed by atoms with E-state index in [0.717, 1.165) is 12.8 Å². The van der Waals surface area contributed by atoms with Crippen molar-refractivity contribution in [1.82, 2.24) is 0 Å². The lowest BCUT2D eigenvalue weighted by atomic mass is 9.73. The van der Waals surface area contributed by atoms with E-state index in [-0.39, 0.29) is 0 Å². The van der Waals surface area contributed by atoms with Gasteiger partial charge < -0.3 is 5.11 Å². The predicted molar refractivity (Wildman–Crippen MR) is 59.2 cm³/mol. The second kappa shape index (κ2) is 3.47. The topological polar surface area (TPSA) is 38.7 Å². The summed E-state index contributed by atoms with van der Waals surface area (Å²) in [6.07, 6.45) is 2.29. The van der Waals surface area contributed by atoms with Gasteiger partial charge in [-0.1, -0.05) is 6.07 Å². The average Bonchev–Trinajstić information content (AvgIpc) is 2.98. The van der Waals surface area contributed by atoms with Gasteiger partial charge in [0.1, 0.15) is 5.75 Å². The molecule has 0 heterocycles. The molecule has 86 valence electrons. The maximum absolute atomic E-state index is 9.48. The van der Waals surface area contributed by atoms with Crippen LogP contribution in [0.2, 0.25) is 0 Å². The molecule has 0 bridgehead atoms. The molecule has 0 aliphatic heterocycles. The van der Waals surface area contributed by atoms with Crippen molar-refractivity contribution in [1.29, 1.82) is 0 Å². The minimum absolute atomic E-state index is 0.297. The standard InChI is InChI=1S/C13H16O3/c1-2-15-16-8-10-7-13(10)6-9-3-4-11(14)5-12(9)13/h3-5,10,14H,2,6-8H2,1H3/t10-,13+/m0/s1. The molecular formula is C13H16O3. The summed E-state index contributed by atoms with van der Waals surface area (Å²) in [5.74, 6) is 0.933. The Balaban J connectivity index is 1.67. The van der Waals surface area contributed by atoms with Crippen molar-refractivity contribution in [3.8, 4) is 5.75 Å². The van der Waals surface area contributed by atoms with E-state index in [1.54, 1.807) is 6.07 Å². The van der Waals surface area contributed by atoms with Crippen molar-refractivity contribution in [2.45, 2.75) is 25.2 Å². The van der Waals surface area contributed by atoms with Crippen LogP contribution in [-0.4, -0.2) is 18.3 Å². The number of aromatic hydroxyl groups is 1. The summed E-state index contributed by atoms with van der Waals surface area (Å²) in [4.78, 5) is 10.0. The van der Waals surface area contributed by atoms with Crippen LogP contribution in [0.15, 0.2) is 18.2 Å². The largest absolute Gasteiger partial charge is 0.508 e. The van der Waals surface area contributed by atoms with E-state index in [2.05, 4.69) is 0 Å². The van der Waals surface area contributed by atoms with Gasteiger partial charge in [-0.25, -0.2) is 9.78 Å². The minimum atomic E-state index is 0.297. The van der Waals surface area contributed by atoms with Gasteiger partial charge in [0.05, 0.1) is 13.2 Å². The van der Waals surface area contributed by atoms with Gasteiger partial charge in [-0.05, 0) is 48.9 Å². The van der Waals surface area contributed by atoms with E-state index in [0.29, 0.717) is 30.3 Å². The number of fused-ring (bicyclic) bond motifs is 2. The number of hydrogen-bond acceptors (Lipinski definition) is 3. The van der Waals surface area contributed by atoms with Crippen molar-refractivity contribution in [2.75, 3.05) is 13.2 Å². The Morgan fingerprint density at radius 3 is 3.12 bits per heavy atom. The number of phenols is 1.